The summed E-state index contributed by atoms with van der Waals surface area (Å²) >= 11 is 0. The third kappa shape index (κ3) is 4.87. The molecule has 3 aromatic rings. The molecule has 0 aromatic heterocycles. The van der Waals surface area contributed by atoms with Gasteiger partial charge in [0.05, 0.1) is 6.67 Å². The molecule has 1 aliphatic carbocycles. The maximum absolute atomic E-state index is 15.3. The molecule has 5 rings (SSSR count). The lowest BCUT2D eigenvalue weighted by atomic mass is 9.87. The summed E-state index contributed by atoms with van der Waals surface area (Å²) in [6.45, 7) is 1.36. The molecule has 0 unspecified atom stereocenters. The van der Waals surface area contributed by atoms with E-state index in [0.717, 1.165) is 35.6 Å². The predicted octanol–water partition coefficient (Wildman–Crippen LogP) is 7.60. The smallest absolute Gasteiger partial charge is 0.133 e. The lowest BCUT2D eigenvalue weighted by Gasteiger charge is -2.33. The summed E-state index contributed by atoms with van der Waals surface area (Å²) in [5.41, 5.74) is 4.29. The second-order valence-electron chi connectivity index (χ2n) is 9.40. The van der Waals surface area contributed by atoms with Crippen molar-refractivity contribution in [3.63, 3.8) is 0 Å². The van der Waals surface area contributed by atoms with Crippen molar-refractivity contribution in [1.29, 1.82) is 0 Å². The van der Waals surface area contributed by atoms with Crippen LogP contribution in [0.4, 0.5) is 22.0 Å². The molecule has 2 aliphatic rings. The predicted molar refractivity (Wildman–Crippen MR) is 133 cm³/mol. The summed E-state index contributed by atoms with van der Waals surface area (Å²) in [5, 5.41) is 0. The van der Waals surface area contributed by atoms with E-state index in [1.807, 2.05) is 29.2 Å². The van der Waals surface area contributed by atoms with Crippen LogP contribution >= 0.6 is 0 Å². The number of hydrogen-bond acceptors (Lipinski definition) is 1. The van der Waals surface area contributed by atoms with Crippen LogP contribution in [0.15, 0.2) is 60.2 Å². The van der Waals surface area contributed by atoms with E-state index in [0.29, 0.717) is 49.2 Å². The fourth-order valence-corrected chi connectivity index (χ4v) is 5.19. The van der Waals surface area contributed by atoms with Gasteiger partial charge in [0.1, 0.15) is 23.3 Å². The molecule has 0 spiro atoms. The van der Waals surface area contributed by atoms with E-state index in [1.165, 1.54) is 30.3 Å². The van der Waals surface area contributed by atoms with Crippen molar-refractivity contribution in [2.75, 3.05) is 26.3 Å². The molecule has 36 heavy (non-hydrogen) atoms. The van der Waals surface area contributed by atoms with Crippen LogP contribution in [0.1, 0.15) is 47.1 Å². The highest BCUT2D eigenvalue weighted by atomic mass is 19.1. The number of likely N-dealkylation sites (tertiary alicyclic amines) is 1. The van der Waals surface area contributed by atoms with Gasteiger partial charge >= 0.3 is 0 Å². The molecule has 0 amide bonds. The number of alkyl halides is 1. The molecule has 3 aromatic carbocycles. The standard InChI is InChI=1S/C30H26F5N/c31-11-4-12-36-17-19(18-36)13-26-27(33)14-21(15-28(26)34)30-23-7-2-1-5-20(23)6-3-8-25(30)24-10-9-22(32)16-29(24)35/h1-2,5,7,9-10,13-16H,3-4,6,8,11-12,17-18H2. The van der Waals surface area contributed by atoms with Crippen LogP contribution in [0.3, 0.4) is 0 Å². The van der Waals surface area contributed by atoms with Gasteiger partial charge in [-0.25, -0.2) is 17.6 Å². The van der Waals surface area contributed by atoms with E-state index < -0.39 is 23.3 Å². The van der Waals surface area contributed by atoms with Crippen molar-refractivity contribution in [2.45, 2.75) is 25.7 Å². The second-order valence-corrected chi connectivity index (χ2v) is 9.40. The molecule has 1 nitrogen and oxygen atoms in total. The molecule has 186 valence electrons. The van der Waals surface area contributed by atoms with Gasteiger partial charge in [0, 0.05) is 36.8 Å². The van der Waals surface area contributed by atoms with Crippen molar-refractivity contribution in [1.82, 2.24) is 4.90 Å². The van der Waals surface area contributed by atoms with Gasteiger partial charge in [-0.2, -0.15) is 0 Å². The summed E-state index contributed by atoms with van der Waals surface area (Å²) in [4.78, 5) is 2.02. The molecule has 0 radical (unpaired) electrons. The first-order valence-electron chi connectivity index (χ1n) is 12.2. The summed E-state index contributed by atoms with van der Waals surface area (Å²) in [7, 11) is 0. The van der Waals surface area contributed by atoms with Crippen molar-refractivity contribution in [3.8, 4) is 0 Å². The van der Waals surface area contributed by atoms with Crippen LogP contribution in [0.25, 0.3) is 17.2 Å². The first-order chi connectivity index (χ1) is 17.4. The number of nitrogens with zero attached hydrogens (tertiary/aromatic N) is 1. The molecule has 0 N–H and O–H groups in total. The van der Waals surface area contributed by atoms with Gasteiger partial charge in [-0.1, -0.05) is 24.3 Å². The van der Waals surface area contributed by atoms with Gasteiger partial charge in [-0.15, -0.1) is 0 Å². The minimum absolute atomic E-state index is 0.115. The van der Waals surface area contributed by atoms with Crippen LogP contribution in [-0.4, -0.2) is 31.2 Å². The Labute approximate surface area is 207 Å². The lowest BCUT2D eigenvalue weighted by Crippen LogP contribution is -2.40. The summed E-state index contributed by atoms with van der Waals surface area (Å²) < 4.78 is 71.6. The molecule has 1 heterocycles. The zero-order valence-electron chi connectivity index (χ0n) is 19.8. The maximum atomic E-state index is 15.3. The Morgan fingerprint density at radius 1 is 0.806 bits per heavy atom. The van der Waals surface area contributed by atoms with E-state index in [4.69, 9.17) is 0 Å². The van der Waals surface area contributed by atoms with Crippen LogP contribution in [-0.2, 0) is 6.42 Å². The van der Waals surface area contributed by atoms with Gasteiger partial charge in [-0.3, -0.25) is 9.29 Å². The Kier molecular flexibility index (Phi) is 7.06. The van der Waals surface area contributed by atoms with Crippen molar-refractivity contribution in [3.05, 3.63) is 111 Å². The summed E-state index contributed by atoms with van der Waals surface area (Å²) in [6.07, 6.45) is 3.91. The number of rotatable bonds is 6. The van der Waals surface area contributed by atoms with Crippen LogP contribution < -0.4 is 0 Å². The number of aryl methyl sites for hydroxylation is 1. The molecule has 0 bridgehead atoms. The molecule has 1 saturated heterocycles. The molecule has 0 atom stereocenters. The fourth-order valence-electron chi connectivity index (χ4n) is 5.19. The second kappa shape index (κ2) is 10.4. The minimum atomic E-state index is -0.702. The summed E-state index contributed by atoms with van der Waals surface area (Å²) in [6, 6.07) is 13.6. The van der Waals surface area contributed by atoms with Crippen molar-refractivity contribution >= 4 is 17.2 Å². The Hall–Kier alpha value is -3.25. The van der Waals surface area contributed by atoms with E-state index in [2.05, 4.69) is 0 Å². The zero-order chi connectivity index (χ0) is 25.2. The van der Waals surface area contributed by atoms with Gasteiger partial charge < -0.3 is 0 Å². The van der Waals surface area contributed by atoms with Crippen LogP contribution in [0, 0.1) is 23.3 Å². The van der Waals surface area contributed by atoms with Crippen LogP contribution in [0.5, 0.6) is 0 Å². The number of benzene rings is 3. The largest absolute Gasteiger partial charge is 0.295 e. The average molecular weight is 496 g/mol. The van der Waals surface area contributed by atoms with Gasteiger partial charge in [0.25, 0.3) is 0 Å². The highest BCUT2D eigenvalue weighted by Crippen LogP contribution is 2.41. The topological polar surface area (TPSA) is 3.24 Å². The highest BCUT2D eigenvalue weighted by Gasteiger charge is 2.25. The SMILES string of the molecule is FCCCN1CC(=Cc2c(F)cc(C3=C(c4ccc(F)cc4F)CCCc4ccccc43)cc2F)C1. The number of fused-ring (bicyclic) bond motifs is 1. The molecule has 1 fully saturated rings. The molecular weight excluding hydrogens is 469 g/mol. The van der Waals surface area contributed by atoms with Gasteiger partial charge in [0.15, 0.2) is 0 Å². The fraction of sp³-hybridized carbons (Fsp3) is 0.267. The lowest BCUT2D eigenvalue weighted by molar-refractivity contribution is 0.239. The van der Waals surface area contributed by atoms with E-state index in [9.17, 15) is 13.2 Å². The van der Waals surface area contributed by atoms with E-state index in [1.54, 1.807) is 0 Å². The Morgan fingerprint density at radius 3 is 2.28 bits per heavy atom. The first kappa shape index (κ1) is 24.4. The Bertz CT molecular complexity index is 1330. The number of allylic oxidation sites excluding steroid dienone is 1. The van der Waals surface area contributed by atoms with E-state index in [-0.39, 0.29) is 17.8 Å². The van der Waals surface area contributed by atoms with Gasteiger partial charge in [-0.05, 0) is 89.4 Å². The molecular formula is C30H26F5N. The molecule has 6 heteroatoms. The average Bonchev–Trinajstić information content (AvgIpc) is 3.01. The third-order valence-electron chi connectivity index (χ3n) is 6.90. The number of halogens is 5. The minimum Gasteiger partial charge on any atom is -0.295 e. The van der Waals surface area contributed by atoms with Crippen molar-refractivity contribution < 1.29 is 22.0 Å². The quantitative estimate of drug-likeness (QED) is 0.318. The molecule has 1 aliphatic heterocycles. The maximum Gasteiger partial charge on any atom is 0.133 e. The normalized spacial score (nSPS) is 16.0. The van der Waals surface area contributed by atoms with Crippen LogP contribution in [0.2, 0.25) is 0 Å². The third-order valence-corrected chi connectivity index (χ3v) is 6.90. The number of hydrogen-bond donors (Lipinski definition) is 0. The first-order valence-corrected chi connectivity index (χ1v) is 12.2. The monoisotopic (exact) mass is 495 g/mol. The highest BCUT2D eigenvalue weighted by molar-refractivity contribution is 6.00. The molecule has 0 saturated carbocycles. The zero-order valence-corrected chi connectivity index (χ0v) is 19.8. The Balaban J connectivity index is 1.60. The van der Waals surface area contributed by atoms with Crippen molar-refractivity contribution in [2.24, 2.45) is 0 Å². The van der Waals surface area contributed by atoms with Gasteiger partial charge in [0.2, 0.25) is 0 Å². The Morgan fingerprint density at radius 2 is 1.56 bits per heavy atom. The summed E-state index contributed by atoms with van der Waals surface area (Å²) in [5.74, 6) is -2.78. The van der Waals surface area contributed by atoms with E-state index >= 15 is 8.78 Å².